The molecule has 9 nitrogen and oxygen atoms in total. The van der Waals surface area contributed by atoms with Gasteiger partial charge in [0.2, 0.25) is 10.0 Å². The summed E-state index contributed by atoms with van der Waals surface area (Å²) in [5.41, 5.74) is 2.72. The van der Waals surface area contributed by atoms with Gasteiger partial charge in [0.05, 0.1) is 27.7 Å². The minimum absolute atomic E-state index is 0.0478. The van der Waals surface area contributed by atoms with E-state index in [9.17, 15) is 13.2 Å². The Morgan fingerprint density at radius 3 is 2.45 bits per heavy atom. The lowest BCUT2D eigenvalue weighted by Crippen LogP contribution is -2.47. The first-order chi connectivity index (χ1) is 18.1. The summed E-state index contributed by atoms with van der Waals surface area (Å²) >= 11 is 1.34. The summed E-state index contributed by atoms with van der Waals surface area (Å²) in [5, 5.41) is 5.46. The van der Waals surface area contributed by atoms with Gasteiger partial charge in [0.1, 0.15) is 5.69 Å². The van der Waals surface area contributed by atoms with Crippen LogP contribution < -0.4 is 0 Å². The topological polar surface area (TPSA) is 97.1 Å². The van der Waals surface area contributed by atoms with Crippen molar-refractivity contribution in [2.75, 3.05) is 27.2 Å². The van der Waals surface area contributed by atoms with E-state index >= 15 is 0 Å². The molecular formula is C27H29N5O4S2. The maximum atomic E-state index is 12.9. The van der Waals surface area contributed by atoms with E-state index in [1.807, 2.05) is 56.4 Å². The van der Waals surface area contributed by atoms with Crippen LogP contribution in [0.15, 0.2) is 75.6 Å². The normalized spacial score (nSPS) is 21.4. The maximum absolute atomic E-state index is 12.9. The van der Waals surface area contributed by atoms with Crippen molar-refractivity contribution in [3.05, 3.63) is 71.3 Å². The standard InChI is InChI=1S/C27H29N5O4S2/c1-18-15-31(16-19(2)36-18)27-28-26(33)24(37-27)14-21-17-32(22-10-6-5-7-11-22)29-25(21)20-9-8-12-23(13-20)38(34,35)30(3)4/h5-14,17-19H,15-16H2,1-4H3/b24-14-. The molecule has 2 aromatic carbocycles. The van der Waals surface area contributed by atoms with Gasteiger partial charge < -0.3 is 9.64 Å². The van der Waals surface area contributed by atoms with E-state index in [1.165, 1.54) is 30.2 Å². The van der Waals surface area contributed by atoms with Crippen molar-refractivity contribution in [2.45, 2.75) is 31.0 Å². The van der Waals surface area contributed by atoms with Gasteiger partial charge in [0, 0.05) is 44.5 Å². The Balaban J connectivity index is 1.54. The number of nitrogens with zero attached hydrogens (tertiary/aromatic N) is 5. The van der Waals surface area contributed by atoms with Crippen LogP contribution in [-0.4, -0.2) is 77.9 Å². The van der Waals surface area contributed by atoms with Crippen LogP contribution in [0.1, 0.15) is 19.4 Å². The highest BCUT2D eigenvalue weighted by Crippen LogP contribution is 2.34. The van der Waals surface area contributed by atoms with Crippen molar-refractivity contribution in [2.24, 2.45) is 4.99 Å². The minimum Gasteiger partial charge on any atom is -0.372 e. The number of rotatable bonds is 5. The van der Waals surface area contributed by atoms with Gasteiger partial charge in [-0.15, -0.1) is 0 Å². The van der Waals surface area contributed by atoms with E-state index < -0.39 is 10.0 Å². The molecule has 0 spiro atoms. The zero-order valence-electron chi connectivity index (χ0n) is 21.6. The number of sulfonamides is 1. The zero-order chi connectivity index (χ0) is 27.0. The zero-order valence-corrected chi connectivity index (χ0v) is 23.2. The van der Waals surface area contributed by atoms with Crippen LogP contribution in [0, 0.1) is 0 Å². The van der Waals surface area contributed by atoms with Crippen LogP contribution >= 0.6 is 11.8 Å². The molecule has 0 saturated carbocycles. The number of carbonyl (C=O) groups is 1. The van der Waals surface area contributed by atoms with E-state index in [0.29, 0.717) is 40.0 Å². The summed E-state index contributed by atoms with van der Waals surface area (Å²) in [7, 11) is -0.638. The van der Waals surface area contributed by atoms with Gasteiger partial charge in [-0.05, 0) is 56.0 Å². The van der Waals surface area contributed by atoms with Crippen LogP contribution in [0.3, 0.4) is 0 Å². The predicted molar refractivity (Wildman–Crippen MR) is 149 cm³/mol. The third-order valence-corrected chi connectivity index (χ3v) is 9.09. The van der Waals surface area contributed by atoms with Crippen molar-refractivity contribution in [3.63, 3.8) is 0 Å². The molecule has 1 fully saturated rings. The average molecular weight is 552 g/mol. The number of aliphatic imine (C=N–C) groups is 1. The Kier molecular flexibility index (Phi) is 7.28. The van der Waals surface area contributed by atoms with Crippen LogP contribution in [-0.2, 0) is 19.6 Å². The average Bonchev–Trinajstić information content (AvgIpc) is 3.48. The van der Waals surface area contributed by atoms with Crippen LogP contribution in [0.25, 0.3) is 23.0 Å². The lowest BCUT2D eigenvalue weighted by molar-refractivity contribution is -0.113. The molecule has 5 rings (SSSR count). The fourth-order valence-corrected chi connectivity index (χ4v) is 6.32. The molecule has 0 radical (unpaired) electrons. The predicted octanol–water partition coefficient (Wildman–Crippen LogP) is 3.87. The molecule has 198 valence electrons. The van der Waals surface area contributed by atoms with Crippen LogP contribution in [0.2, 0.25) is 0 Å². The quantitative estimate of drug-likeness (QED) is 0.444. The lowest BCUT2D eigenvalue weighted by atomic mass is 10.1. The SMILES string of the molecule is CC1CN(C2=NC(=O)/C(=C/c3cn(-c4ccccc4)nc3-c3cccc(S(=O)(=O)N(C)C)c3)S2)CC(C)O1. The van der Waals surface area contributed by atoms with Crippen LogP contribution in [0.5, 0.6) is 0 Å². The van der Waals surface area contributed by atoms with Gasteiger partial charge in [-0.2, -0.15) is 10.1 Å². The molecule has 0 bridgehead atoms. The number of amidine groups is 1. The number of benzene rings is 2. The van der Waals surface area contributed by atoms with E-state index in [-0.39, 0.29) is 23.0 Å². The molecule has 3 heterocycles. The molecule has 2 aliphatic rings. The van der Waals surface area contributed by atoms with E-state index in [0.717, 1.165) is 5.69 Å². The summed E-state index contributed by atoms with van der Waals surface area (Å²) in [6, 6.07) is 16.3. The fourth-order valence-electron chi connectivity index (χ4n) is 4.45. The molecule has 0 N–H and O–H groups in total. The van der Waals surface area contributed by atoms with Crippen molar-refractivity contribution in [1.29, 1.82) is 0 Å². The van der Waals surface area contributed by atoms with Crippen molar-refractivity contribution < 1.29 is 17.9 Å². The number of para-hydroxylation sites is 1. The number of aromatic nitrogens is 2. The Morgan fingerprint density at radius 2 is 1.76 bits per heavy atom. The summed E-state index contributed by atoms with van der Waals surface area (Å²) in [5.74, 6) is -0.306. The van der Waals surface area contributed by atoms with E-state index in [2.05, 4.69) is 9.89 Å². The molecule has 1 aromatic heterocycles. The van der Waals surface area contributed by atoms with Crippen molar-refractivity contribution >= 4 is 38.9 Å². The highest BCUT2D eigenvalue weighted by molar-refractivity contribution is 8.18. The van der Waals surface area contributed by atoms with Gasteiger partial charge in [-0.3, -0.25) is 4.79 Å². The molecule has 3 aromatic rings. The summed E-state index contributed by atoms with van der Waals surface area (Å²) < 4.78 is 34.3. The number of hydrogen-bond acceptors (Lipinski definition) is 7. The van der Waals surface area contributed by atoms with Gasteiger partial charge >= 0.3 is 0 Å². The van der Waals surface area contributed by atoms with E-state index in [1.54, 1.807) is 29.0 Å². The second-order valence-corrected chi connectivity index (χ2v) is 12.7. The first-order valence-electron chi connectivity index (χ1n) is 12.2. The molecule has 1 amide bonds. The number of carbonyl (C=O) groups excluding carboxylic acids is 1. The molecule has 2 atom stereocenters. The number of ether oxygens (including phenoxy) is 1. The Labute approximate surface area is 226 Å². The number of amides is 1. The van der Waals surface area contributed by atoms with Gasteiger partial charge in [-0.25, -0.2) is 17.4 Å². The van der Waals surface area contributed by atoms with Gasteiger partial charge in [0.15, 0.2) is 5.17 Å². The molecular weight excluding hydrogens is 522 g/mol. The van der Waals surface area contributed by atoms with Crippen LogP contribution in [0.4, 0.5) is 0 Å². The Bertz CT molecular complexity index is 1520. The molecule has 1 saturated heterocycles. The fraction of sp³-hybridized carbons (Fsp3) is 0.296. The monoisotopic (exact) mass is 551 g/mol. The number of hydrogen-bond donors (Lipinski definition) is 0. The summed E-state index contributed by atoms with van der Waals surface area (Å²) in [4.78, 5) is 20.0. The number of thioether (sulfide) groups is 1. The molecule has 11 heteroatoms. The van der Waals surface area contributed by atoms with Crippen molar-refractivity contribution in [3.8, 4) is 16.9 Å². The third-order valence-electron chi connectivity index (χ3n) is 6.24. The largest absolute Gasteiger partial charge is 0.372 e. The van der Waals surface area contributed by atoms with Crippen molar-refractivity contribution in [1.82, 2.24) is 19.0 Å². The Morgan fingerprint density at radius 1 is 1.05 bits per heavy atom. The van der Waals surface area contributed by atoms with E-state index in [4.69, 9.17) is 9.84 Å². The molecule has 2 aliphatic heterocycles. The highest BCUT2D eigenvalue weighted by atomic mass is 32.2. The first kappa shape index (κ1) is 26.4. The van der Waals surface area contributed by atoms with Gasteiger partial charge in [0.25, 0.3) is 5.91 Å². The molecule has 38 heavy (non-hydrogen) atoms. The highest BCUT2D eigenvalue weighted by Gasteiger charge is 2.31. The smallest absolute Gasteiger partial charge is 0.286 e. The maximum Gasteiger partial charge on any atom is 0.286 e. The molecule has 0 aliphatic carbocycles. The first-order valence-corrected chi connectivity index (χ1v) is 14.5. The minimum atomic E-state index is -3.63. The molecule has 2 unspecified atom stereocenters. The van der Waals surface area contributed by atoms with Gasteiger partial charge in [-0.1, -0.05) is 30.3 Å². The lowest BCUT2D eigenvalue weighted by Gasteiger charge is -2.35. The number of morpholine rings is 1. The second kappa shape index (κ2) is 10.5. The second-order valence-electron chi connectivity index (χ2n) is 9.50. The summed E-state index contributed by atoms with van der Waals surface area (Å²) in [6.45, 7) is 5.36. The third kappa shape index (κ3) is 5.32. The Hall–Kier alpha value is -3.25. The summed E-state index contributed by atoms with van der Waals surface area (Å²) in [6.07, 6.45) is 3.72.